The van der Waals surface area contributed by atoms with Crippen LogP contribution in [-0.2, 0) is 0 Å². The van der Waals surface area contributed by atoms with Crippen molar-refractivity contribution in [2.75, 3.05) is 0 Å². The molecule has 2 aromatic carbocycles. The molecule has 102 valence electrons. The summed E-state index contributed by atoms with van der Waals surface area (Å²) in [5.74, 6) is 0. The summed E-state index contributed by atoms with van der Waals surface area (Å²) < 4.78 is 1.04. The van der Waals surface area contributed by atoms with Crippen LogP contribution in [0, 0.1) is 6.92 Å². The standard InChI is InChI=1S/C17H12BrN3/c1-10-15-17(21-20-10)13-8-7-12(18)9-14(13)16(19-15)11-5-3-2-4-6-11/h2-9H,1H3,(H,20,21). The zero-order valence-corrected chi connectivity index (χ0v) is 13.0. The second-order valence-corrected chi connectivity index (χ2v) is 5.98. The minimum absolute atomic E-state index is 0.926. The first kappa shape index (κ1) is 12.5. The van der Waals surface area contributed by atoms with Crippen molar-refractivity contribution in [3.63, 3.8) is 0 Å². The van der Waals surface area contributed by atoms with E-state index in [9.17, 15) is 0 Å². The fraction of sp³-hybridized carbons (Fsp3) is 0.0588. The minimum atomic E-state index is 0.926. The molecule has 0 saturated heterocycles. The van der Waals surface area contributed by atoms with Gasteiger partial charge < -0.3 is 0 Å². The van der Waals surface area contributed by atoms with E-state index in [1.54, 1.807) is 0 Å². The van der Waals surface area contributed by atoms with Gasteiger partial charge in [-0.3, -0.25) is 5.10 Å². The number of pyridine rings is 1. The van der Waals surface area contributed by atoms with Crippen LogP contribution in [0.25, 0.3) is 33.1 Å². The maximum absolute atomic E-state index is 4.86. The van der Waals surface area contributed by atoms with Crippen LogP contribution in [0.3, 0.4) is 0 Å². The fourth-order valence-corrected chi connectivity index (χ4v) is 3.02. The Balaban J connectivity index is 2.21. The molecule has 21 heavy (non-hydrogen) atoms. The SMILES string of the molecule is Cc1[nH]nc2c1nc(-c1ccccc1)c1cc(Br)ccc12. The highest BCUT2D eigenvalue weighted by atomic mass is 79.9. The van der Waals surface area contributed by atoms with Gasteiger partial charge in [-0.05, 0) is 19.1 Å². The molecule has 0 aliphatic heterocycles. The number of hydrogen-bond donors (Lipinski definition) is 1. The van der Waals surface area contributed by atoms with E-state index in [0.717, 1.165) is 43.2 Å². The van der Waals surface area contributed by atoms with Crippen LogP contribution >= 0.6 is 15.9 Å². The fourth-order valence-electron chi connectivity index (χ4n) is 2.65. The molecule has 4 aromatic rings. The molecule has 0 amide bonds. The van der Waals surface area contributed by atoms with Crippen LogP contribution in [0.2, 0.25) is 0 Å². The van der Waals surface area contributed by atoms with Gasteiger partial charge in [-0.1, -0.05) is 52.3 Å². The first-order chi connectivity index (χ1) is 10.2. The quantitative estimate of drug-likeness (QED) is 0.539. The highest BCUT2D eigenvalue weighted by Crippen LogP contribution is 2.33. The summed E-state index contributed by atoms with van der Waals surface area (Å²) in [7, 11) is 0. The van der Waals surface area contributed by atoms with Crippen LogP contribution in [0.15, 0.2) is 53.0 Å². The number of aromatic amines is 1. The first-order valence-corrected chi connectivity index (χ1v) is 7.53. The maximum Gasteiger partial charge on any atom is 0.119 e. The normalized spacial score (nSPS) is 11.3. The van der Waals surface area contributed by atoms with E-state index in [1.165, 1.54) is 0 Å². The third-order valence-electron chi connectivity index (χ3n) is 3.68. The van der Waals surface area contributed by atoms with Gasteiger partial charge in [0.2, 0.25) is 0 Å². The lowest BCUT2D eigenvalue weighted by Gasteiger charge is -2.08. The van der Waals surface area contributed by atoms with Crippen molar-refractivity contribution in [2.45, 2.75) is 6.92 Å². The second kappa shape index (κ2) is 4.67. The summed E-state index contributed by atoms with van der Waals surface area (Å²) in [6, 6.07) is 16.5. The van der Waals surface area contributed by atoms with Gasteiger partial charge in [-0.2, -0.15) is 5.10 Å². The Hall–Kier alpha value is -2.20. The summed E-state index contributed by atoms with van der Waals surface area (Å²) >= 11 is 3.55. The summed E-state index contributed by atoms with van der Waals surface area (Å²) in [5.41, 5.74) is 4.96. The molecule has 2 heterocycles. The summed E-state index contributed by atoms with van der Waals surface area (Å²) in [4.78, 5) is 4.86. The Morgan fingerprint density at radius 1 is 0.952 bits per heavy atom. The number of aromatic nitrogens is 3. The summed E-state index contributed by atoms with van der Waals surface area (Å²) in [5, 5.41) is 9.67. The number of H-pyrrole nitrogens is 1. The smallest absolute Gasteiger partial charge is 0.119 e. The molecule has 2 aromatic heterocycles. The van der Waals surface area contributed by atoms with Crippen molar-refractivity contribution in [3.05, 3.63) is 58.7 Å². The number of nitrogens with one attached hydrogen (secondary N) is 1. The Kier molecular flexibility index (Phi) is 2.79. The van der Waals surface area contributed by atoms with Crippen molar-refractivity contribution in [3.8, 4) is 11.3 Å². The number of fused-ring (bicyclic) bond motifs is 3. The van der Waals surface area contributed by atoms with Gasteiger partial charge in [0.15, 0.2) is 0 Å². The lowest BCUT2D eigenvalue weighted by molar-refractivity contribution is 1.07. The average Bonchev–Trinajstić information content (AvgIpc) is 2.88. The van der Waals surface area contributed by atoms with Crippen molar-refractivity contribution in [1.82, 2.24) is 15.2 Å². The first-order valence-electron chi connectivity index (χ1n) is 6.73. The van der Waals surface area contributed by atoms with Crippen LogP contribution < -0.4 is 0 Å². The van der Waals surface area contributed by atoms with Gasteiger partial charge in [0, 0.05) is 20.8 Å². The van der Waals surface area contributed by atoms with Crippen molar-refractivity contribution < 1.29 is 0 Å². The summed E-state index contributed by atoms with van der Waals surface area (Å²) in [6.07, 6.45) is 0. The van der Waals surface area contributed by atoms with E-state index >= 15 is 0 Å². The second-order valence-electron chi connectivity index (χ2n) is 5.06. The Labute approximate surface area is 130 Å². The number of aryl methyl sites for hydroxylation is 1. The molecule has 0 radical (unpaired) electrons. The Morgan fingerprint density at radius 2 is 1.76 bits per heavy atom. The summed E-state index contributed by atoms with van der Waals surface area (Å²) in [6.45, 7) is 2.00. The number of nitrogens with zero attached hydrogens (tertiary/aromatic N) is 2. The van der Waals surface area contributed by atoms with Gasteiger partial charge in [-0.25, -0.2) is 4.98 Å². The Bertz CT molecular complexity index is 958. The molecule has 0 aliphatic rings. The van der Waals surface area contributed by atoms with E-state index in [0.29, 0.717) is 0 Å². The van der Waals surface area contributed by atoms with Crippen LogP contribution in [-0.4, -0.2) is 15.2 Å². The molecule has 0 saturated carbocycles. The molecule has 4 heteroatoms. The third kappa shape index (κ3) is 1.94. The van der Waals surface area contributed by atoms with Crippen molar-refractivity contribution in [1.29, 1.82) is 0 Å². The van der Waals surface area contributed by atoms with Crippen molar-refractivity contribution >= 4 is 37.7 Å². The van der Waals surface area contributed by atoms with Gasteiger partial charge in [0.1, 0.15) is 11.0 Å². The van der Waals surface area contributed by atoms with Gasteiger partial charge >= 0.3 is 0 Å². The third-order valence-corrected chi connectivity index (χ3v) is 4.17. The van der Waals surface area contributed by atoms with E-state index < -0.39 is 0 Å². The maximum atomic E-state index is 4.86. The molecule has 0 aliphatic carbocycles. The molecule has 3 nitrogen and oxygen atoms in total. The van der Waals surface area contributed by atoms with Gasteiger partial charge in [0.25, 0.3) is 0 Å². The van der Waals surface area contributed by atoms with E-state index in [-0.39, 0.29) is 0 Å². The zero-order valence-electron chi connectivity index (χ0n) is 11.4. The van der Waals surface area contributed by atoms with E-state index in [2.05, 4.69) is 50.4 Å². The molecule has 1 N–H and O–H groups in total. The Morgan fingerprint density at radius 3 is 2.57 bits per heavy atom. The minimum Gasteiger partial charge on any atom is -0.280 e. The lowest BCUT2D eigenvalue weighted by atomic mass is 10.0. The molecule has 4 rings (SSSR count). The predicted molar refractivity (Wildman–Crippen MR) is 89.3 cm³/mol. The average molecular weight is 338 g/mol. The van der Waals surface area contributed by atoms with Gasteiger partial charge in [-0.15, -0.1) is 0 Å². The zero-order chi connectivity index (χ0) is 14.4. The molecule has 0 atom stereocenters. The largest absolute Gasteiger partial charge is 0.280 e. The molecular weight excluding hydrogens is 326 g/mol. The number of halogens is 1. The van der Waals surface area contributed by atoms with Crippen LogP contribution in [0.5, 0.6) is 0 Å². The molecule has 0 spiro atoms. The highest BCUT2D eigenvalue weighted by molar-refractivity contribution is 9.10. The lowest BCUT2D eigenvalue weighted by Crippen LogP contribution is -1.89. The highest BCUT2D eigenvalue weighted by Gasteiger charge is 2.13. The number of benzene rings is 2. The predicted octanol–water partition coefficient (Wildman–Crippen LogP) is 4.85. The molecule has 0 bridgehead atoms. The molecule has 0 fully saturated rings. The number of hydrogen-bond acceptors (Lipinski definition) is 2. The monoisotopic (exact) mass is 337 g/mol. The molecular formula is C17H12BrN3. The van der Waals surface area contributed by atoms with Crippen LogP contribution in [0.4, 0.5) is 0 Å². The van der Waals surface area contributed by atoms with E-state index in [1.807, 2.05) is 31.2 Å². The van der Waals surface area contributed by atoms with E-state index in [4.69, 9.17) is 4.98 Å². The van der Waals surface area contributed by atoms with Crippen molar-refractivity contribution in [2.24, 2.45) is 0 Å². The number of rotatable bonds is 1. The molecule has 0 unspecified atom stereocenters. The van der Waals surface area contributed by atoms with Crippen LogP contribution in [0.1, 0.15) is 5.69 Å². The van der Waals surface area contributed by atoms with Gasteiger partial charge in [0.05, 0.1) is 11.4 Å². The topological polar surface area (TPSA) is 41.6 Å².